The smallest absolute Gasteiger partial charge is 0.118 e. The van der Waals surface area contributed by atoms with Crippen LogP contribution in [0.25, 0.3) is 22.3 Å². The third-order valence-corrected chi connectivity index (χ3v) is 6.63. The Bertz CT molecular complexity index is 1030. The third-order valence-electron chi connectivity index (χ3n) is 6.63. The maximum Gasteiger partial charge on any atom is 0.118 e. The molecule has 3 heteroatoms. The zero-order valence-corrected chi connectivity index (χ0v) is 18.6. The lowest BCUT2D eigenvalue weighted by atomic mass is 9.75. The summed E-state index contributed by atoms with van der Waals surface area (Å²) in [7, 11) is 7.82. The minimum atomic E-state index is -0.291. The number of likely N-dealkylation sites (N-methyl/N-ethyl adjacent to an activating group) is 1. The zero-order valence-electron chi connectivity index (χ0n) is 18.6. The first kappa shape index (κ1) is 20.6. The lowest BCUT2D eigenvalue weighted by molar-refractivity contribution is -0.0686. The summed E-state index contributed by atoms with van der Waals surface area (Å²) in [5, 5.41) is 0. The van der Waals surface area contributed by atoms with Crippen molar-refractivity contribution >= 4 is 0 Å². The average Bonchev–Trinajstić information content (AvgIpc) is 2.79. The van der Waals surface area contributed by atoms with Crippen molar-refractivity contribution < 1.29 is 9.47 Å². The summed E-state index contributed by atoms with van der Waals surface area (Å²) in [6.07, 6.45) is 2.17. The molecule has 0 saturated heterocycles. The van der Waals surface area contributed by atoms with E-state index in [1.54, 1.807) is 7.11 Å². The Hall–Kier alpha value is -2.62. The van der Waals surface area contributed by atoms with E-state index in [2.05, 4.69) is 80.5 Å². The van der Waals surface area contributed by atoms with Crippen LogP contribution >= 0.6 is 0 Å². The van der Waals surface area contributed by atoms with E-state index in [-0.39, 0.29) is 5.60 Å². The molecule has 2 unspecified atom stereocenters. The highest BCUT2D eigenvalue weighted by Gasteiger charge is 2.41. The van der Waals surface area contributed by atoms with Gasteiger partial charge in [0.1, 0.15) is 11.4 Å². The molecule has 1 aliphatic rings. The van der Waals surface area contributed by atoms with Crippen molar-refractivity contribution in [3.8, 4) is 28.0 Å². The van der Waals surface area contributed by atoms with Crippen LogP contribution in [0.4, 0.5) is 0 Å². The molecule has 156 valence electrons. The van der Waals surface area contributed by atoms with Crippen LogP contribution in [-0.2, 0) is 16.8 Å². The van der Waals surface area contributed by atoms with Crippen LogP contribution in [0.1, 0.15) is 24.5 Å². The molecule has 0 spiro atoms. The van der Waals surface area contributed by atoms with Crippen molar-refractivity contribution in [1.29, 1.82) is 0 Å². The number of hydrogen-bond acceptors (Lipinski definition) is 3. The van der Waals surface area contributed by atoms with Crippen molar-refractivity contribution in [1.82, 2.24) is 4.90 Å². The molecule has 0 fully saturated rings. The summed E-state index contributed by atoms with van der Waals surface area (Å²) in [4.78, 5) is 2.29. The first-order chi connectivity index (χ1) is 14.5. The van der Waals surface area contributed by atoms with Gasteiger partial charge in [-0.05, 0) is 85.4 Å². The van der Waals surface area contributed by atoms with Gasteiger partial charge in [-0.2, -0.15) is 0 Å². The van der Waals surface area contributed by atoms with Gasteiger partial charge in [-0.3, -0.25) is 0 Å². The van der Waals surface area contributed by atoms with Crippen LogP contribution in [0.15, 0.2) is 66.7 Å². The van der Waals surface area contributed by atoms with Gasteiger partial charge in [-0.25, -0.2) is 0 Å². The predicted octanol–water partition coefficient (Wildman–Crippen LogP) is 5.77. The Morgan fingerprint density at radius 1 is 0.833 bits per heavy atom. The molecule has 0 aromatic heterocycles. The minimum absolute atomic E-state index is 0.291. The quantitative estimate of drug-likeness (QED) is 0.542. The van der Waals surface area contributed by atoms with Crippen LogP contribution in [0.2, 0.25) is 0 Å². The van der Waals surface area contributed by atoms with Crippen LogP contribution < -0.4 is 4.74 Å². The summed E-state index contributed by atoms with van der Waals surface area (Å²) in [6.45, 7) is 2.22. The lowest BCUT2D eigenvalue weighted by Crippen LogP contribution is -2.50. The van der Waals surface area contributed by atoms with Gasteiger partial charge in [0.05, 0.1) is 7.11 Å². The van der Waals surface area contributed by atoms with Crippen LogP contribution in [0, 0.1) is 0 Å². The molecule has 0 aliphatic heterocycles. The molecule has 2 atom stereocenters. The largest absolute Gasteiger partial charge is 0.497 e. The van der Waals surface area contributed by atoms with Gasteiger partial charge in [0, 0.05) is 13.2 Å². The van der Waals surface area contributed by atoms with E-state index in [9.17, 15) is 0 Å². The van der Waals surface area contributed by atoms with Crippen molar-refractivity contribution in [2.45, 2.75) is 31.4 Å². The zero-order chi connectivity index (χ0) is 21.3. The highest BCUT2D eigenvalue weighted by atomic mass is 16.5. The molecule has 0 heterocycles. The molecule has 0 bridgehead atoms. The number of aryl methyl sites for hydroxylation is 1. The Labute approximate surface area is 180 Å². The van der Waals surface area contributed by atoms with Crippen molar-refractivity contribution in [2.75, 3.05) is 28.3 Å². The van der Waals surface area contributed by atoms with E-state index in [1.807, 2.05) is 19.2 Å². The van der Waals surface area contributed by atoms with Crippen LogP contribution in [-0.4, -0.2) is 39.3 Å². The number of benzene rings is 3. The molecule has 0 amide bonds. The van der Waals surface area contributed by atoms with E-state index in [0.717, 1.165) is 18.6 Å². The van der Waals surface area contributed by atoms with E-state index < -0.39 is 0 Å². The summed E-state index contributed by atoms with van der Waals surface area (Å²) in [6, 6.07) is 24.2. The van der Waals surface area contributed by atoms with Gasteiger partial charge >= 0.3 is 0 Å². The Balaban J connectivity index is 1.69. The van der Waals surface area contributed by atoms with Gasteiger partial charge in [0.15, 0.2) is 0 Å². The van der Waals surface area contributed by atoms with E-state index in [1.165, 1.54) is 33.4 Å². The number of ether oxygens (including phenoxy) is 2. The fraction of sp³-hybridized carbons (Fsp3) is 0.333. The number of nitrogens with zero attached hydrogens (tertiary/aromatic N) is 1. The number of fused-ring (bicyclic) bond motifs is 1. The average molecular weight is 402 g/mol. The maximum absolute atomic E-state index is 6.07. The molecule has 1 aliphatic carbocycles. The molecular formula is C27H31NO2. The second kappa shape index (κ2) is 8.25. The summed E-state index contributed by atoms with van der Waals surface area (Å²) in [5.74, 6) is 0.877. The first-order valence-electron chi connectivity index (χ1n) is 10.6. The fourth-order valence-corrected chi connectivity index (χ4v) is 4.87. The highest BCUT2D eigenvalue weighted by molar-refractivity contribution is 5.74. The van der Waals surface area contributed by atoms with E-state index >= 15 is 0 Å². The molecule has 0 saturated carbocycles. The van der Waals surface area contributed by atoms with Gasteiger partial charge in [0.2, 0.25) is 0 Å². The molecule has 30 heavy (non-hydrogen) atoms. The van der Waals surface area contributed by atoms with Crippen LogP contribution in [0.5, 0.6) is 5.75 Å². The van der Waals surface area contributed by atoms with Gasteiger partial charge in [-0.15, -0.1) is 0 Å². The summed E-state index contributed by atoms with van der Waals surface area (Å²) < 4.78 is 11.4. The monoisotopic (exact) mass is 401 g/mol. The van der Waals surface area contributed by atoms with Crippen molar-refractivity contribution in [3.05, 3.63) is 77.9 Å². The van der Waals surface area contributed by atoms with Crippen molar-refractivity contribution in [2.24, 2.45) is 0 Å². The van der Waals surface area contributed by atoms with Crippen molar-refractivity contribution in [3.63, 3.8) is 0 Å². The SMILES string of the molecule is COc1ccc(-c2cccc(-c3ccc4c(c3)CCC(N(C)C)C4(C)OC)c2)cc1. The number of methoxy groups -OCH3 is 2. The normalized spacial score (nSPS) is 20.8. The molecule has 3 nitrogen and oxygen atoms in total. The third kappa shape index (κ3) is 3.64. The lowest BCUT2D eigenvalue weighted by Gasteiger charge is -2.45. The molecular weight excluding hydrogens is 370 g/mol. The fourth-order valence-electron chi connectivity index (χ4n) is 4.87. The van der Waals surface area contributed by atoms with E-state index in [4.69, 9.17) is 9.47 Å². The van der Waals surface area contributed by atoms with Crippen LogP contribution in [0.3, 0.4) is 0 Å². The molecule has 3 aromatic rings. The summed E-state index contributed by atoms with van der Waals surface area (Å²) >= 11 is 0. The second-order valence-corrected chi connectivity index (χ2v) is 8.51. The Morgan fingerprint density at radius 3 is 2.10 bits per heavy atom. The maximum atomic E-state index is 6.07. The molecule has 0 radical (unpaired) electrons. The van der Waals surface area contributed by atoms with Gasteiger partial charge < -0.3 is 14.4 Å². The molecule has 3 aromatic carbocycles. The first-order valence-corrected chi connectivity index (χ1v) is 10.6. The highest BCUT2D eigenvalue weighted by Crippen LogP contribution is 2.41. The number of rotatable bonds is 5. The van der Waals surface area contributed by atoms with E-state index in [0.29, 0.717) is 6.04 Å². The van der Waals surface area contributed by atoms with Gasteiger partial charge in [-0.1, -0.05) is 48.5 Å². The Kier molecular flexibility index (Phi) is 5.68. The second-order valence-electron chi connectivity index (χ2n) is 8.51. The van der Waals surface area contributed by atoms with Gasteiger partial charge in [0.25, 0.3) is 0 Å². The molecule has 0 N–H and O–H groups in total. The predicted molar refractivity (Wildman–Crippen MR) is 124 cm³/mol. The number of hydrogen-bond donors (Lipinski definition) is 0. The summed E-state index contributed by atoms with van der Waals surface area (Å²) in [5.41, 5.74) is 7.31. The Morgan fingerprint density at radius 2 is 1.47 bits per heavy atom. The molecule has 4 rings (SSSR count). The minimum Gasteiger partial charge on any atom is -0.497 e. The topological polar surface area (TPSA) is 21.7 Å². The standard InChI is InChI=1S/C27H31NO2/c1-27(30-5)25-15-11-22(18-23(25)12-16-26(27)28(2)3)21-8-6-7-20(17-21)19-9-13-24(29-4)14-10-19/h6-11,13-15,17-18,26H,12,16H2,1-5H3.